The molecule has 2 N–H and O–H groups in total. The van der Waals surface area contributed by atoms with Gasteiger partial charge in [-0.2, -0.15) is 0 Å². The molecule has 1 aliphatic rings. The number of nitrogens with zero attached hydrogens (tertiary/aromatic N) is 1. The van der Waals surface area contributed by atoms with Gasteiger partial charge in [0, 0.05) is 29.3 Å². The topological polar surface area (TPSA) is 76.2 Å². The second-order valence-corrected chi connectivity index (χ2v) is 8.73. The maximum Gasteiger partial charge on any atom is 0.231 e. The van der Waals surface area contributed by atoms with Crippen molar-refractivity contribution in [1.29, 1.82) is 0 Å². The summed E-state index contributed by atoms with van der Waals surface area (Å²) in [5.41, 5.74) is 6.19. The molecule has 5 aromatic rings. The molecule has 0 unspecified atom stereocenters. The summed E-state index contributed by atoms with van der Waals surface area (Å²) in [5, 5.41) is 5.32. The van der Waals surface area contributed by atoms with Crippen LogP contribution >= 0.6 is 0 Å². The number of carbonyl (C=O) groups is 1. The van der Waals surface area contributed by atoms with Gasteiger partial charge >= 0.3 is 0 Å². The van der Waals surface area contributed by atoms with E-state index in [2.05, 4.69) is 46.7 Å². The van der Waals surface area contributed by atoms with Crippen LogP contribution in [0.2, 0.25) is 0 Å². The Morgan fingerprint density at radius 2 is 1.80 bits per heavy atom. The van der Waals surface area contributed by atoms with Gasteiger partial charge in [0.15, 0.2) is 11.5 Å². The van der Waals surface area contributed by atoms with Crippen LogP contribution in [0.4, 0.5) is 0 Å². The number of carbonyl (C=O) groups excluding carboxylic acids is 1. The predicted molar refractivity (Wildman–Crippen MR) is 136 cm³/mol. The van der Waals surface area contributed by atoms with Crippen molar-refractivity contribution in [2.24, 2.45) is 0 Å². The number of ether oxygens (including phenoxy) is 2. The van der Waals surface area contributed by atoms with Crippen LogP contribution in [0.3, 0.4) is 0 Å². The maximum atomic E-state index is 12.6. The molecule has 0 atom stereocenters. The Balaban J connectivity index is 1.16. The number of rotatable bonds is 7. The summed E-state index contributed by atoms with van der Waals surface area (Å²) in [6.07, 6.45) is 1.98. The van der Waals surface area contributed by atoms with Gasteiger partial charge in [-0.25, -0.2) is 4.98 Å². The van der Waals surface area contributed by atoms with Crippen molar-refractivity contribution < 1.29 is 14.3 Å². The van der Waals surface area contributed by atoms with Crippen LogP contribution in [0.1, 0.15) is 24.0 Å². The van der Waals surface area contributed by atoms with E-state index in [1.54, 1.807) is 0 Å². The quantitative estimate of drug-likeness (QED) is 0.322. The van der Waals surface area contributed by atoms with Gasteiger partial charge in [-0.1, -0.05) is 48.5 Å². The first-order chi connectivity index (χ1) is 17.2. The van der Waals surface area contributed by atoms with Crippen molar-refractivity contribution in [2.75, 3.05) is 6.79 Å². The lowest BCUT2D eigenvalue weighted by Crippen LogP contribution is -2.22. The number of fused-ring (bicyclic) bond motifs is 3. The Morgan fingerprint density at radius 3 is 2.77 bits per heavy atom. The maximum absolute atomic E-state index is 12.6. The van der Waals surface area contributed by atoms with E-state index >= 15 is 0 Å². The molecule has 0 radical (unpaired) electrons. The van der Waals surface area contributed by atoms with E-state index < -0.39 is 0 Å². The second kappa shape index (κ2) is 9.14. The third kappa shape index (κ3) is 4.30. The number of nitrogens with one attached hydrogen (secondary N) is 2. The molecule has 3 aromatic carbocycles. The van der Waals surface area contributed by atoms with Crippen molar-refractivity contribution in [3.63, 3.8) is 0 Å². The zero-order valence-corrected chi connectivity index (χ0v) is 19.2. The van der Waals surface area contributed by atoms with E-state index in [4.69, 9.17) is 14.5 Å². The number of para-hydroxylation sites is 2. The molecule has 2 aromatic heterocycles. The van der Waals surface area contributed by atoms with Crippen molar-refractivity contribution in [3.8, 4) is 22.9 Å². The summed E-state index contributed by atoms with van der Waals surface area (Å²) < 4.78 is 10.8. The van der Waals surface area contributed by atoms with Crippen LogP contribution in [0.15, 0.2) is 78.9 Å². The third-order valence-electron chi connectivity index (χ3n) is 6.43. The van der Waals surface area contributed by atoms with Gasteiger partial charge in [0.25, 0.3) is 0 Å². The van der Waals surface area contributed by atoms with Gasteiger partial charge in [0.2, 0.25) is 12.7 Å². The number of hydrogen-bond donors (Lipinski definition) is 2. The number of amides is 1. The fourth-order valence-electron chi connectivity index (χ4n) is 4.65. The molecule has 6 heteroatoms. The number of aryl methyl sites for hydroxylation is 1. The largest absolute Gasteiger partial charge is 0.454 e. The van der Waals surface area contributed by atoms with E-state index in [9.17, 15) is 4.79 Å². The first-order valence-electron chi connectivity index (χ1n) is 11.9. The molecule has 0 bridgehead atoms. The number of aromatic amines is 1. The molecule has 35 heavy (non-hydrogen) atoms. The van der Waals surface area contributed by atoms with Crippen LogP contribution in [-0.2, 0) is 17.8 Å². The summed E-state index contributed by atoms with van der Waals surface area (Å²) in [5.74, 6) is 1.51. The lowest BCUT2D eigenvalue weighted by atomic mass is 10.0. The molecule has 0 saturated heterocycles. The molecule has 1 aliphatic heterocycles. The van der Waals surface area contributed by atoms with Gasteiger partial charge in [-0.15, -0.1) is 0 Å². The molecule has 0 fully saturated rings. The van der Waals surface area contributed by atoms with Gasteiger partial charge in [-0.3, -0.25) is 4.79 Å². The Hall–Kier alpha value is -4.32. The average molecular weight is 464 g/mol. The van der Waals surface area contributed by atoms with Crippen molar-refractivity contribution in [2.45, 2.75) is 25.8 Å². The van der Waals surface area contributed by atoms with E-state index in [0.29, 0.717) is 13.0 Å². The number of aromatic nitrogens is 2. The fourth-order valence-corrected chi connectivity index (χ4v) is 4.65. The van der Waals surface area contributed by atoms with E-state index in [-0.39, 0.29) is 12.7 Å². The minimum absolute atomic E-state index is 0.0351. The third-order valence-corrected chi connectivity index (χ3v) is 6.43. The van der Waals surface area contributed by atoms with Crippen molar-refractivity contribution in [3.05, 3.63) is 90.0 Å². The van der Waals surface area contributed by atoms with Gasteiger partial charge < -0.3 is 19.8 Å². The van der Waals surface area contributed by atoms with Crippen LogP contribution in [0.5, 0.6) is 11.5 Å². The lowest BCUT2D eigenvalue weighted by molar-refractivity contribution is -0.121. The van der Waals surface area contributed by atoms with Gasteiger partial charge in [0.1, 0.15) is 0 Å². The first-order valence-corrected chi connectivity index (χ1v) is 11.9. The minimum Gasteiger partial charge on any atom is -0.454 e. The Morgan fingerprint density at radius 1 is 0.943 bits per heavy atom. The lowest BCUT2D eigenvalue weighted by Gasteiger charge is -2.08. The molecule has 6 nitrogen and oxygen atoms in total. The van der Waals surface area contributed by atoms with E-state index in [1.807, 2.05) is 42.5 Å². The van der Waals surface area contributed by atoms with Crippen molar-refractivity contribution >= 4 is 27.7 Å². The molecule has 0 spiro atoms. The number of benzene rings is 3. The Bertz CT molecular complexity index is 1540. The average Bonchev–Trinajstić information content (AvgIpc) is 3.51. The molecule has 0 aliphatic carbocycles. The zero-order valence-electron chi connectivity index (χ0n) is 19.2. The smallest absolute Gasteiger partial charge is 0.231 e. The summed E-state index contributed by atoms with van der Waals surface area (Å²) in [6.45, 7) is 0.713. The monoisotopic (exact) mass is 463 g/mol. The molecule has 3 heterocycles. The molecular weight excluding hydrogens is 438 g/mol. The van der Waals surface area contributed by atoms with Gasteiger partial charge in [0.05, 0.1) is 16.9 Å². The van der Waals surface area contributed by atoms with Crippen LogP contribution in [0.25, 0.3) is 33.2 Å². The highest BCUT2D eigenvalue weighted by Gasteiger charge is 2.16. The normalized spacial score (nSPS) is 12.3. The standard InChI is InChI=1S/C29H25N3O3/c33-28(30-17-19-12-15-26-27(16-19)35-18-34-26)11-5-8-22-21-7-2-4-10-24(21)32-29(22)25-14-13-20-6-1-3-9-23(20)31-25/h1-4,6-7,9-10,12-16,32H,5,8,11,17-18H2,(H,30,33). The summed E-state index contributed by atoms with van der Waals surface area (Å²) in [6, 6.07) is 26.3. The van der Waals surface area contributed by atoms with Crippen LogP contribution < -0.4 is 14.8 Å². The zero-order chi connectivity index (χ0) is 23.6. The Kier molecular flexibility index (Phi) is 5.54. The van der Waals surface area contributed by atoms with Crippen LogP contribution in [0, 0.1) is 0 Å². The molecule has 174 valence electrons. The number of hydrogen-bond acceptors (Lipinski definition) is 4. The molecule has 0 saturated carbocycles. The number of pyridine rings is 1. The second-order valence-electron chi connectivity index (χ2n) is 8.73. The summed E-state index contributed by atoms with van der Waals surface area (Å²) in [7, 11) is 0. The first kappa shape index (κ1) is 21.2. The molecule has 6 rings (SSSR count). The molecule has 1 amide bonds. The van der Waals surface area contributed by atoms with Gasteiger partial charge in [-0.05, 0) is 54.3 Å². The minimum atomic E-state index is 0.0351. The van der Waals surface area contributed by atoms with E-state index in [0.717, 1.165) is 57.7 Å². The summed E-state index contributed by atoms with van der Waals surface area (Å²) in [4.78, 5) is 21.0. The fraction of sp³-hybridized carbons (Fsp3) is 0.172. The molecular formula is C29H25N3O3. The summed E-state index contributed by atoms with van der Waals surface area (Å²) >= 11 is 0. The highest BCUT2D eigenvalue weighted by molar-refractivity contribution is 5.91. The number of H-pyrrole nitrogens is 1. The van der Waals surface area contributed by atoms with Crippen molar-refractivity contribution in [1.82, 2.24) is 15.3 Å². The Labute approximate surface area is 202 Å². The SMILES string of the molecule is O=C(CCCc1c(-c2ccc3ccccc3n2)[nH]c2ccccc12)NCc1ccc2c(c1)OCO2. The predicted octanol–water partition coefficient (Wildman–Crippen LogP) is 5.75. The highest BCUT2D eigenvalue weighted by Crippen LogP contribution is 2.33. The highest BCUT2D eigenvalue weighted by atomic mass is 16.7. The van der Waals surface area contributed by atoms with E-state index in [1.165, 1.54) is 10.9 Å². The van der Waals surface area contributed by atoms with Crippen LogP contribution in [-0.4, -0.2) is 22.7 Å².